The van der Waals surface area contributed by atoms with Crippen molar-refractivity contribution in [2.75, 3.05) is 26.2 Å². The monoisotopic (exact) mass is 451 g/mol. The number of nitro groups is 1. The number of non-ortho nitro benzene ring substituents is 1. The minimum atomic E-state index is -3.65. The van der Waals surface area contributed by atoms with Crippen LogP contribution in [0, 0.1) is 10.1 Å². The standard InChI is InChI=1S/C23H21N3O5S/c27-23(12-7-18-5-9-21(10-6-18)26(28)29)24-13-15-25(16-14-24)32(30,31)22-11-8-19-3-1-2-4-20(19)17-22/h1-12,17H,13-16H2/b12-7+. The van der Waals surface area contributed by atoms with Crippen molar-refractivity contribution in [2.24, 2.45) is 0 Å². The molecular weight excluding hydrogens is 430 g/mol. The highest BCUT2D eigenvalue weighted by atomic mass is 32.2. The van der Waals surface area contributed by atoms with Crippen LogP contribution in [-0.4, -0.2) is 54.6 Å². The Morgan fingerprint density at radius 2 is 1.56 bits per heavy atom. The Morgan fingerprint density at radius 3 is 2.22 bits per heavy atom. The zero-order chi connectivity index (χ0) is 22.7. The SMILES string of the molecule is O=C(/C=C/c1ccc([N+](=O)[O-])cc1)N1CCN(S(=O)(=O)c2ccc3ccccc3c2)CC1. The zero-order valence-electron chi connectivity index (χ0n) is 17.1. The van der Waals surface area contributed by atoms with Crippen molar-refractivity contribution in [2.45, 2.75) is 4.90 Å². The molecule has 8 nitrogen and oxygen atoms in total. The molecule has 164 valence electrons. The summed E-state index contributed by atoms with van der Waals surface area (Å²) >= 11 is 0. The maximum Gasteiger partial charge on any atom is 0.269 e. The second kappa shape index (κ2) is 8.89. The number of sulfonamides is 1. The van der Waals surface area contributed by atoms with Gasteiger partial charge in [-0.15, -0.1) is 0 Å². The molecule has 3 aromatic rings. The van der Waals surface area contributed by atoms with Crippen LogP contribution in [0.5, 0.6) is 0 Å². The van der Waals surface area contributed by atoms with Gasteiger partial charge in [-0.05, 0) is 46.7 Å². The average molecular weight is 452 g/mol. The third-order valence-electron chi connectivity index (χ3n) is 5.43. The van der Waals surface area contributed by atoms with Crippen LogP contribution in [0.25, 0.3) is 16.8 Å². The quantitative estimate of drug-likeness (QED) is 0.337. The molecule has 0 saturated carbocycles. The predicted molar refractivity (Wildman–Crippen MR) is 121 cm³/mol. The molecule has 0 aliphatic carbocycles. The van der Waals surface area contributed by atoms with Gasteiger partial charge in [-0.2, -0.15) is 4.31 Å². The van der Waals surface area contributed by atoms with Crippen LogP contribution in [0.1, 0.15) is 5.56 Å². The van der Waals surface area contributed by atoms with Crippen LogP contribution in [-0.2, 0) is 14.8 Å². The highest BCUT2D eigenvalue weighted by molar-refractivity contribution is 7.89. The Hall–Kier alpha value is -3.56. The van der Waals surface area contributed by atoms with E-state index in [2.05, 4.69) is 0 Å². The van der Waals surface area contributed by atoms with Crippen molar-refractivity contribution >= 4 is 38.5 Å². The summed E-state index contributed by atoms with van der Waals surface area (Å²) in [7, 11) is -3.65. The van der Waals surface area contributed by atoms with Crippen molar-refractivity contribution in [1.82, 2.24) is 9.21 Å². The first-order valence-corrected chi connectivity index (χ1v) is 11.5. The number of fused-ring (bicyclic) bond motifs is 1. The molecule has 9 heteroatoms. The molecule has 0 bridgehead atoms. The molecule has 0 unspecified atom stereocenters. The number of carbonyl (C=O) groups excluding carboxylic acids is 1. The van der Waals surface area contributed by atoms with Crippen molar-refractivity contribution in [3.63, 3.8) is 0 Å². The molecule has 0 aromatic heterocycles. The zero-order valence-corrected chi connectivity index (χ0v) is 17.9. The van der Waals surface area contributed by atoms with Gasteiger partial charge in [-0.1, -0.05) is 30.3 Å². The highest BCUT2D eigenvalue weighted by Gasteiger charge is 2.29. The minimum absolute atomic E-state index is 0.0165. The van der Waals surface area contributed by atoms with Gasteiger partial charge in [0, 0.05) is 44.4 Å². The minimum Gasteiger partial charge on any atom is -0.337 e. The summed E-state index contributed by atoms with van der Waals surface area (Å²) in [6.07, 6.45) is 2.99. The summed E-state index contributed by atoms with van der Waals surface area (Å²) in [5.74, 6) is -0.230. The van der Waals surface area contributed by atoms with Gasteiger partial charge in [0.2, 0.25) is 15.9 Å². The third kappa shape index (κ3) is 4.53. The van der Waals surface area contributed by atoms with Gasteiger partial charge >= 0.3 is 0 Å². The van der Waals surface area contributed by atoms with Gasteiger partial charge < -0.3 is 4.90 Å². The van der Waals surface area contributed by atoms with Crippen LogP contribution < -0.4 is 0 Å². The summed E-state index contributed by atoms with van der Waals surface area (Å²) in [6, 6.07) is 18.5. The fraction of sp³-hybridized carbons (Fsp3) is 0.174. The number of hydrogen-bond acceptors (Lipinski definition) is 5. The lowest BCUT2D eigenvalue weighted by Crippen LogP contribution is -2.50. The predicted octanol–water partition coefficient (Wildman–Crippen LogP) is 3.29. The first-order valence-electron chi connectivity index (χ1n) is 10.0. The van der Waals surface area contributed by atoms with Gasteiger partial charge in [0.15, 0.2) is 0 Å². The Bertz CT molecular complexity index is 1290. The topological polar surface area (TPSA) is 101 Å². The number of piperazine rings is 1. The molecule has 1 saturated heterocycles. The Labute approximate surface area is 185 Å². The molecule has 3 aromatic carbocycles. The van der Waals surface area contributed by atoms with Crippen molar-refractivity contribution in [3.8, 4) is 0 Å². The molecule has 1 fully saturated rings. The molecule has 0 radical (unpaired) electrons. The lowest BCUT2D eigenvalue weighted by molar-refractivity contribution is -0.384. The maximum atomic E-state index is 13.1. The molecule has 1 amide bonds. The van der Waals surface area contributed by atoms with Gasteiger partial charge in [0.05, 0.1) is 9.82 Å². The lowest BCUT2D eigenvalue weighted by Gasteiger charge is -2.33. The number of amides is 1. The van der Waals surface area contributed by atoms with E-state index in [0.717, 1.165) is 10.8 Å². The van der Waals surface area contributed by atoms with Gasteiger partial charge in [0.25, 0.3) is 5.69 Å². The Balaban J connectivity index is 1.39. The fourth-order valence-electron chi connectivity index (χ4n) is 3.61. The number of nitro benzene ring substituents is 1. The molecule has 32 heavy (non-hydrogen) atoms. The summed E-state index contributed by atoms with van der Waals surface area (Å²) in [4.78, 5) is 24.5. The Kier molecular flexibility index (Phi) is 6.02. The maximum absolute atomic E-state index is 13.1. The van der Waals surface area contributed by atoms with Crippen LogP contribution in [0.4, 0.5) is 5.69 Å². The Morgan fingerprint density at radius 1 is 0.906 bits per heavy atom. The summed E-state index contributed by atoms with van der Waals surface area (Å²) in [6.45, 7) is 1.00. The fourth-order valence-corrected chi connectivity index (χ4v) is 5.06. The summed E-state index contributed by atoms with van der Waals surface area (Å²) in [5.41, 5.74) is 0.652. The second-order valence-electron chi connectivity index (χ2n) is 7.42. The van der Waals surface area contributed by atoms with Crippen molar-refractivity contribution in [1.29, 1.82) is 0 Å². The first-order chi connectivity index (χ1) is 15.3. The van der Waals surface area contributed by atoms with Crippen LogP contribution >= 0.6 is 0 Å². The molecule has 0 atom stereocenters. The van der Waals surface area contributed by atoms with Crippen LogP contribution in [0.2, 0.25) is 0 Å². The molecule has 1 aliphatic rings. The molecule has 0 N–H and O–H groups in total. The van der Waals surface area contributed by atoms with E-state index in [1.807, 2.05) is 24.3 Å². The number of hydrogen-bond donors (Lipinski definition) is 0. The first kappa shape index (κ1) is 21.7. The second-order valence-corrected chi connectivity index (χ2v) is 9.36. The third-order valence-corrected chi connectivity index (χ3v) is 7.33. The van der Waals surface area contributed by atoms with E-state index in [9.17, 15) is 23.3 Å². The molecule has 0 spiro atoms. The van der Waals surface area contributed by atoms with E-state index in [0.29, 0.717) is 5.56 Å². The normalized spacial score (nSPS) is 15.3. The number of carbonyl (C=O) groups is 1. The van der Waals surface area contributed by atoms with Gasteiger partial charge in [0.1, 0.15) is 0 Å². The van der Waals surface area contributed by atoms with E-state index in [1.54, 1.807) is 41.3 Å². The molecule has 1 heterocycles. The number of nitrogens with zero attached hydrogens (tertiary/aromatic N) is 3. The van der Waals surface area contributed by atoms with E-state index in [1.165, 1.54) is 22.5 Å². The van der Waals surface area contributed by atoms with E-state index in [-0.39, 0.29) is 42.7 Å². The smallest absolute Gasteiger partial charge is 0.269 e. The van der Waals surface area contributed by atoms with Crippen LogP contribution in [0.15, 0.2) is 77.7 Å². The molecule has 1 aliphatic heterocycles. The summed E-state index contributed by atoms with van der Waals surface area (Å²) in [5, 5.41) is 12.5. The van der Waals surface area contributed by atoms with Gasteiger partial charge in [-0.25, -0.2) is 8.42 Å². The van der Waals surface area contributed by atoms with Gasteiger partial charge in [-0.3, -0.25) is 14.9 Å². The molecular formula is C23H21N3O5S. The average Bonchev–Trinajstić information content (AvgIpc) is 2.82. The van der Waals surface area contributed by atoms with Crippen molar-refractivity contribution in [3.05, 3.63) is 88.5 Å². The van der Waals surface area contributed by atoms with Crippen LogP contribution in [0.3, 0.4) is 0 Å². The number of benzene rings is 3. The van der Waals surface area contributed by atoms with E-state index < -0.39 is 14.9 Å². The van der Waals surface area contributed by atoms with E-state index in [4.69, 9.17) is 0 Å². The largest absolute Gasteiger partial charge is 0.337 e. The summed E-state index contributed by atoms with van der Waals surface area (Å²) < 4.78 is 27.5. The van der Waals surface area contributed by atoms with Crippen molar-refractivity contribution < 1.29 is 18.1 Å². The lowest BCUT2D eigenvalue weighted by atomic mass is 10.1. The highest BCUT2D eigenvalue weighted by Crippen LogP contribution is 2.23. The number of rotatable bonds is 5. The van der Waals surface area contributed by atoms with E-state index >= 15 is 0 Å². The molecule has 4 rings (SSSR count).